The minimum Gasteiger partial charge on any atom is -0.497 e. The van der Waals surface area contributed by atoms with Crippen molar-refractivity contribution in [3.8, 4) is 5.75 Å². The maximum atomic E-state index is 5.81. The number of anilines is 2. The molecule has 0 aliphatic rings. The number of methoxy groups -OCH3 is 1. The first-order chi connectivity index (χ1) is 7.69. The molecule has 3 nitrogen and oxygen atoms in total. The number of nitrogen functional groups attached to an aromatic ring is 1. The number of nitrogens with one attached hydrogen (secondary N) is 1. The lowest BCUT2D eigenvalue weighted by atomic mass is 10.1. The molecule has 3 N–H and O–H groups in total. The number of hydrogen-bond donors (Lipinski definition) is 2. The Hall–Kier alpha value is -1.38. The van der Waals surface area contributed by atoms with E-state index in [1.165, 1.54) is 12.8 Å². The standard InChI is InChI=1S/C13H22N2O/c1-4-6-11(5-2)15-12-7-10(14)8-13(9-12)16-3/h7-9,11,15H,4-6,14H2,1-3H3. The third kappa shape index (κ3) is 3.65. The molecule has 0 bridgehead atoms. The Balaban J connectivity index is 2.74. The Morgan fingerprint density at radius 1 is 1.31 bits per heavy atom. The fourth-order valence-corrected chi connectivity index (χ4v) is 1.79. The van der Waals surface area contributed by atoms with Crippen LogP contribution in [0.1, 0.15) is 33.1 Å². The summed E-state index contributed by atoms with van der Waals surface area (Å²) in [5.74, 6) is 0.800. The molecule has 1 aromatic carbocycles. The van der Waals surface area contributed by atoms with Gasteiger partial charge in [0.25, 0.3) is 0 Å². The summed E-state index contributed by atoms with van der Waals surface area (Å²) in [6.45, 7) is 4.39. The summed E-state index contributed by atoms with van der Waals surface area (Å²) in [7, 11) is 1.65. The number of benzene rings is 1. The van der Waals surface area contributed by atoms with E-state index >= 15 is 0 Å². The summed E-state index contributed by atoms with van der Waals surface area (Å²) in [6.07, 6.45) is 3.48. The van der Waals surface area contributed by atoms with Crippen LogP contribution in [0.5, 0.6) is 5.75 Å². The van der Waals surface area contributed by atoms with Crippen molar-refractivity contribution in [1.29, 1.82) is 0 Å². The number of nitrogens with two attached hydrogens (primary N) is 1. The Labute approximate surface area is 98.0 Å². The Bertz CT molecular complexity index is 326. The second-order valence-corrected chi connectivity index (χ2v) is 4.03. The fourth-order valence-electron chi connectivity index (χ4n) is 1.79. The predicted octanol–water partition coefficient (Wildman–Crippen LogP) is 3.27. The zero-order valence-corrected chi connectivity index (χ0v) is 10.4. The van der Waals surface area contributed by atoms with Gasteiger partial charge in [-0.1, -0.05) is 20.3 Å². The van der Waals surface area contributed by atoms with E-state index in [9.17, 15) is 0 Å². The van der Waals surface area contributed by atoms with Crippen molar-refractivity contribution in [2.45, 2.75) is 39.2 Å². The smallest absolute Gasteiger partial charge is 0.122 e. The van der Waals surface area contributed by atoms with Crippen LogP contribution in [0, 0.1) is 0 Å². The van der Waals surface area contributed by atoms with Crippen molar-refractivity contribution in [1.82, 2.24) is 0 Å². The monoisotopic (exact) mass is 222 g/mol. The molecule has 1 unspecified atom stereocenters. The highest BCUT2D eigenvalue weighted by atomic mass is 16.5. The van der Waals surface area contributed by atoms with Gasteiger partial charge in [0.05, 0.1) is 7.11 Å². The van der Waals surface area contributed by atoms with Crippen molar-refractivity contribution in [2.24, 2.45) is 0 Å². The van der Waals surface area contributed by atoms with Gasteiger partial charge in [-0.15, -0.1) is 0 Å². The van der Waals surface area contributed by atoms with Gasteiger partial charge in [-0.05, 0) is 18.9 Å². The Kier molecular flexibility index (Phi) is 4.96. The summed E-state index contributed by atoms with van der Waals surface area (Å²) in [5, 5.41) is 3.49. The van der Waals surface area contributed by atoms with Crippen molar-refractivity contribution in [3.63, 3.8) is 0 Å². The van der Waals surface area contributed by atoms with Crippen molar-refractivity contribution in [3.05, 3.63) is 18.2 Å². The Morgan fingerprint density at radius 2 is 2.06 bits per heavy atom. The fraction of sp³-hybridized carbons (Fsp3) is 0.538. The first-order valence-corrected chi connectivity index (χ1v) is 5.90. The van der Waals surface area contributed by atoms with Gasteiger partial charge in [0.2, 0.25) is 0 Å². The zero-order valence-electron chi connectivity index (χ0n) is 10.4. The van der Waals surface area contributed by atoms with Gasteiger partial charge in [0, 0.05) is 29.5 Å². The average molecular weight is 222 g/mol. The van der Waals surface area contributed by atoms with E-state index in [4.69, 9.17) is 10.5 Å². The molecule has 16 heavy (non-hydrogen) atoms. The third-order valence-electron chi connectivity index (χ3n) is 2.67. The molecular weight excluding hydrogens is 200 g/mol. The lowest BCUT2D eigenvalue weighted by Crippen LogP contribution is -2.18. The molecule has 3 heteroatoms. The van der Waals surface area contributed by atoms with Crippen LogP contribution in [0.3, 0.4) is 0 Å². The van der Waals surface area contributed by atoms with Gasteiger partial charge in [-0.25, -0.2) is 0 Å². The molecule has 0 saturated carbocycles. The van der Waals surface area contributed by atoms with Gasteiger partial charge in [0.1, 0.15) is 5.75 Å². The third-order valence-corrected chi connectivity index (χ3v) is 2.67. The highest BCUT2D eigenvalue weighted by Gasteiger charge is 2.06. The number of rotatable bonds is 6. The summed E-state index contributed by atoms with van der Waals surface area (Å²) >= 11 is 0. The molecular formula is C13H22N2O. The van der Waals surface area contributed by atoms with Gasteiger partial charge in [-0.2, -0.15) is 0 Å². The molecule has 0 aliphatic carbocycles. The zero-order chi connectivity index (χ0) is 12.0. The van der Waals surface area contributed by atoms with Crippen LogP contribution in [-0.2, 0) is 0 Å². The molecule has 0 saturated heterocycles. The molecule has 0 aliphatic heterocycles. The second-order valence-electron chi connectivity index (χ2n) is 4.03. The quantitative estimate of drug-likeness (QED) is 0.726. The minimum atomic E-state index is 0.511. The highest BCUT2D eigenvalue weighted by molar-refractivity contribution is 5.59. The molecule has 0 radical (unpaired) electrons. The highest BCUT2D eigenvalue weighted by Crippen LogP contribution is 2.23. The van der Waals surface area contributed by atoms with Gasteiger partial charge >= 0.3 is 0 Å². The minimum absolute atomic E-state index is 0.511. The van der Waals surface area contributed by atoms with Crippen molar-refractivity contribution < 1.29 is 4.74 Å². The topological polar surface area (TPSA) is 47.3 Å². The SMILES string of the molecule is CCCC(CC)Nc1cc(N)cc(OC)c1. The molecule has 0 fully saturated rings. The van der Waals surface area contributed by atoms with E-state index < -0.39 is 0 Å². The van der Waals surface area contributed by atoms with E-state index in [1.807, 2.05) is 18.2 Å². The van der Waals surface area contributed by atoms with Crippen LogP contribution in [0.25, 0.3) is 0 Å². The maximum absolute atomic E-state index is 5.81. The van der Waals surface area contributed by atoms with Crippen molar-refractivity contribution in [2.75, 3.05) is 18.2 Å². The van der Waals surface area contributed by atoms with Crippen LogP contribution < -0.4 is 15.8 Å². The summed E-state index contributed by atoms with van der Waals surface area (Å²) in [4.78, 5) is 0. The number of hydrogen-bond acceptors (Lipinski definition) is 3. The summed E-state index contributed by atoms with van der Waals surface area (Å²) in [5.41, 5.74) is 7.57. The van der Waals surface area contributed by atoms with E-state index in [1.54, 1.807) is 7.11 Å². The predicted molar refractivity (Wildman–Crippen MR) is 70.0 cm³/mol. The van der Waals surface area contributed by atoms with E-state index in [0.717, 1.165) is 23.5 Å². The lowest BCUT2D eigenvalue weighted by Gasteiger charge is -2.18. The second kappa shape index (κ2) is 6.26. The Morgan fingerprint density at radius 3 is 2.62 bits per heavy atom. The molecule has 0 aromatic heterocycles. The normalized spacial score (nSPS) is 12.2. The average Bonchev–Trinajstić information content (AvgIpc) is 2.27. The van der Waals surface area contributed by atoms with Crippen molar-refractivity contribution >= 4 is 11.4 Å². The first-order valence-electron chi connectivity index (χ1n) is 5.90. The van der Waals surface area contributed by atoms with E-state index in [2.05, 4.69) is 19.2 Å². The van der Waals surface area contributed by atoms with Crippen LogP contribution in [0.4, 0.5) is 11.4 Å². The largest absolute Gasteiger partial charge is 0.497 e. The molecule has 1 aromatic rings. The van der Waals surface area contributed by atoms with Crippen LogP contribution in [0.2, 0.25) is 0 Å². The van der Waals surface area contributed by atoms with E-state index in [-0.39, 0.29) is 0 Å². The van der Waals surface area contributed by atoms with Crippen LogP contribution >= 0.6 is 0 Å². The number of ether oxygens (including phenoxy) is 1. The molecule has 0 amide bonds. The maximum Gasteiger partial charge on any atom is 0.122 e. The molecule has 90 valence electrons. The molecule has 0 heterocycles. The van der Waals surface area contributed by atoms with Gasteiger partial charge in [-0.3, -0.25) is 0 Å². The van der Waals surface area contributed by atoms with Gasteiger partial charge < -0.3 is 15.8 Å². The van der Waals surface area contributed by atoms with Gasteiger partial charge in [0.15, 0.2) is 0 Å². The summed E-state index contributed by atoms with van der Waals surface area (Å²) in [6, 6.07) is 6.26. The summed E-state index contributed by atoms with van der Waals surface area (Å²) < 4.78 is 5.19. The lowest BCUT2D eigenvalue weighted by molar-refractivity contribution is 0.415. The van der Waals surface area contributed by atoms with Crippen LogP contribution in [-0.4, -0.2) is 13.2 Å². The first kappa shape index (κ1) is 12.7. The van der Waals surface area contributed by atoms with Crippen LogP contribution in [0.15, 0.2) is 18.2 Å². The van der Waals surface area contributed by atoms with E-state index in [0.29, 0.717) is 6.04 Å². The molecule has 1 rings (SSSR count). The molecule has 0 spiro atoms. The molecule has 1 atom stereocenters.